The molecule has 24 heavy (non-hydrogen) atoms. The Morgan fingerprint density at radius 3 is 2.08 bits per heavy atom. The Labute approximate surface area is 143 Å². The van der Waals surface area contributed by atoms with E-state index in [1.165, 1.54) is 18.4 Å². The number of hydrogen-bond donors (Lipinski definition) is 1. The van der Waals surface area contributed by atoms with Crippen LogP contribution in [0.5, 0.6) is 0 Å². The first-order chi connectivity index (χ1) is 11.8. The topological polar surface area (TPSA) is 32.3 Å². The number of nitrogens with zero attached hydrogens (tertiary/aromatic N) is 1. The highest BCUT2D eigenvalue weighted by Gasteiger charge is 2.32. The Bertz CT molecular complexity index is 684. The van der Waals surface area contributed by atoms with Gasteiger partial charge in [0.05, 0.1) is 0 Å². The SMILES string of the molecule is O=C(NC1CCN(C2CC2)CC1)c1ccc(-c2ccccc2)cc1. The summed E-state index contributed by atoms with van der Waals surface area (Å²) in [6, 6.07) is 19.3. The molecule has 1 amide bonds. The van der Waals surface area contributed by atoms with Gasteiger partial charge in [-0.05, 0) is 48.9 Å². The standard InChI is InChI=1S/C21H24N2O/c24-21(22-19-12-14-23(15-13-19)20-10-11-20)18-8-6-17(7-9-18)16-4-2-1-3-5-16/h1-9,19-20H,10-15H2,(H,22,24). The number of nitrogens with one attached hydrogen (secondary N) is 1. The zero-order valence-corrected chi connectivity index (χ0v) is 13.9. The van der Waals surface area contributed by atoms with Gasteiger partial charge in [-0.2, -0.15) is 0 Å². The van der Waals surface area contributed by atoms with Crippen LogP contribution in [0.15, 0.2) is 54.6 Å². The van der Waals surface area contributed by atoms with Gasteiger partial charge in [-0.1, -0.05) is 42.5 Å². The molecule has 1 N–H and O–H groups in total. The number of carbonyl (C=O) groups excluding carboxylic acids is 1. The van der Waals surface area contributed by atoms with Gasteiger partial charge in [0.1, 0.15) is 0 Å². The van der Waals surface area contributed by atoms with E-state index in [2.05, 4.69) is 22.3 Å². The van der Waals surface area contributed by atoms with Crippen LogP contribution in [-0.4, -0.2) is 36.0 Å². The minimum absolute atomic E-state index is 0.0551. The van der Waals surface area contributed by atoms with Gasteiger partial charge < -0.3 is 10.2 Å². The average molecular weight is 320 g/mol. The van der Waals surface area contributed by atoms with Crippen molar-refractivity contribution in [3.8, 4) is 11.1 Å². The lowest BCUT2D eigenvalue weighted by Crippen LogP contribution is -2.45. The average Bonchev–Trinajstić information content (AvgIpc) is 3.48. The Hall–Kier alpha value is -2.13. The molecule has 0 spiro atoms. The maximum atomic E-state index is 12.5. The van der Waals surface area contributed by atoms with Crippen LogP contribution in [0.4, 0.5) is 0 Å². The van der Waals surface area contributed by atoms with E-state index in [-0.39, 0.29) is 5.91 Å². The monoisotopic (exact) mass is 320 g/mol. The summed E-state index contributed by atoms with van der Waals surface area (Å²) < 4.78 is 0. The number of benzene rings is 2. The van der Waals surface area contributed by atoms with Gasteiger partial charge in [0, 0.05) is 30.7 Å². The normalized spacial score (nSPS) is 19.2. The van der Waals surface area contributed by atoms with Gasteiger partial charge >= 0.3 is 0 Å². The van der Waals surface area contributed by atoms with Crippen LogP contribution in [0.25, 0.3) is 11.1 Å². The first-order valence-electron chi connectivity index (χ1n) is 9.00. The minimum atomic E-state index is 0.0551. The van der Waals surface area contributed by atoms with E-state index in [1.807, 2.05) is 42.5 Å². The van der Waals surface area contributed by atoms with Crippen molar-refractivity contribution in [3.63, 3.8) is 0 Å². The molecule has 1 saturated heterocycles. The molecule has 1 aliphatic heterocycles. The highest BCUT2D eigenvalue weighted by atomic mass is 16.1. The van der Waals surface area contributed by atoms with Crippen LogP contribution in [0.2, 0.25) is 0 Å². The number of amides is 1. The van der Waals surface area contributed by atoms with Crippen LogP contribution in [0, 0.1) is 0 Å². The van der Waals surface area contributed by atoms with Crippen LogP contribution in [0.3, 0.4) is 0 Å². The van der Waals surface area contributed by atoms with E-state index in [0.29, 0.717) is 6.04 Å². The highest BCUT2D eigenvalue weighted by molar-refractivity contribution is 5.94. The third-order valence-corrected chi connectivity index (χ3v) is 5.18. The molecule has 1 saturated carbocycles. The molecule has 1 aliphatic carbocycles. The molecule has 1 heterocycles. The third kappa shape index (κ3) is 3.51. The van der Waals surface area contributed by atoms with Crippen LogP contribution >= 0.6 is 0 Å². The van der Waals surface area contributed by atoms with E-state index < -0.39 is 0 Å². The Balaban J connectivity index is 1.34. The summed E-state index contributed by atoms with van der Waals surface area (Å²) in [7, 11) is 0. The predicted octanol–water partition coefficient (Wildman–Crippen LogP) is 3.71. The number of piperidine rings is 1. The fourth-order valence-electron chi connectivity index (χ4n) is 3.56. The van der Waals surface area contributed by atoms with Crippen LogP contribution < -0.4 is 5.32 Å². The highest BCUT2D eigenvalue weighted by Crippen LogP contribution is 2.29. The zero-order valence-electron chi connectivity index (χ0n) is 13.9. The molecule has 2 aromatic rings. The van der Waals surface area contributed by atoms with Crippen molar-refractivity contribution in [1.82, 2.24) is 10.2 Å². The Morgan fingerprint density at radius 2 is 1.46 bits per heavy atom. The molecule has 0 aromatic heterocycles. The summed E-state index contributed by atoms with van der Waals surface area (Å²) >= 11 is 0. The Morgan fingerprint density at radius 1 is 0.833 bits per heavy atom. The Kier molecular flexibility index (Phi) is 4.35. The van der Waals surface area contributed by atoms with Crippen molar-refractivity contribution in [2.24, 2.45) is 0 Å². The van der Waals surface area contributed by atoms with Crippen LogP contribution in [-0.2, 0) is 0 Å². The molecule has 3 heteroatoms. The molecule has 4 rings (SSSR count). The van der Waals surface area contributed by atoms with Gasteiger partial charge in [-0.25, -0.2) is 0 Å². The second kappa shape index (κ2) is 6.78. The van der Waals surface area contributed by atoms with Crippen molar-refractivity contribution >= 4 is 5.91 Å². The molecule has 0 bridgehead atoms. The zero-order chi connectivity index (χ0) is 16.4. The molecule has 0 atom stereocenters. The van der Waals surface area contributed by atoms with Crippen LogP contribution in [0.1, 0.15) is 36.0 Å². The minimum Gasteiger partial charge on any atom is -0.349 e. The van der Waals surface area contributed by atoms with Crippen molar-refractivity contribution in [1.29, 1.82) is 0 Å². The molecule has 0 unspecified atom stereocenters. The van der Waals surface area contributed by atoms with Gasteiger partial charge in [-0.3, -0.25) is 4.79 Å². The summed E-state index contributed by atoms with van der Waals surface area (Å²) in [4.78, 5) is 15.0. The van der Waals surface area contributed by atoms with E-state index >= 15 is 0 Å². The number of likely N-dealkylation sites (tertiary alicyclic amines) is 1. The molecule has 124 valence electrons. The smallest absolute Gasteiger partial charge is 0.251 e. The lowest BCUT2D eigenvalue weighted by molar-refractivity contribution is 0.0909. The largest absolute Gasteiger partial charge is 0.349 e. The van der Waals surface area contributed by atoms with E-state index in [0.717, 1.165) is 43.1 Å². The van der Waals surface area contributed by atoms with Gasteiger partial charge in [-0.15, -0.1) is 0 Å². The molecule has 2 aliphatic rings. The number of rotatable bonds is 4. The van der Waals surface area contributed by atoms with E-state index in [1.54, 1.807) is 0 Å². The molecule has 2 aromatic carbocycles. The van der Waals surface area contributed by atoms with Crippen molar-refractivity contribution in [2.75, 3.05) is 13.1 Å². The van der Waals surface area contributed by atoms with Crippen molar-refractivity contribution < 1.29 is 4.79 Å². The van der Waals surface area contributed by atoms with E-state index in [4.69, 9.17) is 0 Å². The predicted molar refractivity (Wildman–Crippen MR) is 97.0 cm³/mol. The quantitative estimate of drug-likeness (QED) is 0.931. The van der Waals surface area contributed by atoms with E-state index in [9.17, 15) is 4.79 Å². The van der Waals surface area contributed by atoms with Gasteiger partial charge in [0.15, 0.2) is 0 Å². The fourth-order valence-corrected chi connectivity index (χ4v) is 3.56. The van der Waals surface area contributed by atoms with Gasteiger partial charge in [0.25, 0.3) is 5.91 Å². The lowest BCUT2D eigenvalue weighted by atomic mass is 10.0. The third-order valence-electron chi connectivity index (χ3n) is 5.18. The summed E-state index contributed by atoms with van der Waals surface area (Å²) in [5.41, 5.74) is 3.07. The summed E-state index contributed by atoms with van der Waals surface area (Å²) in [5.74, 6) is 0.0551. The second-order valence-electron chi connectivity index (χ2n) is 6.96. The number of hydrogen-bond acceptors (Lipinski definition) is 2. The lowest BCUT2D eigenvalue weighted by Gasteiger charge is -2.32. The summed E-state index contributed by atoms with van der Waals surface area (Å²) in [6.07, 6.45) is 4.88. The maximum Gasteiger partial charge on any atom is 0.251 e. The summed E-state index contributed by atoms with van der Waals surface area (Å²) in [6.45, 7) is 2.26. The molecule has 0 radical (unpaired) electrons. The van der Waals surface area contributed by atoms with Crippen molar-refractivity contribution in [3.05, 3.63) is 60.2 Å². The molecule has 3 nitrogen and oxygen atoms in total. The van der Waals surface area contributed by atoms with Gasteiger partial charge in [0.2, 0.25) is 0 Å². The molecular formula is C21H24N2O. The first-order valence-corrected chi connectivity index (χ1v) is 9.00. The fraction of sp³-hybridized carbons (Fsp3) is 0.381. The van der Waals surface area contributed by atoms with Crippen molar-refractivity contribution in [2.45, 2.75) is 37.8 Å². The maximum absolute atomic E-state index is 12.5. The second-order valence-corrected chi connectivity index (χ2v) is 6.96. The first kappa shape index (κ1) is 15.4. The number of carbonyl (C=O) groups is 1. The summed E-state index contributed by atoms with van der Waals surface area (Å²) in [5, 5.41) is 3.21. The molecular weight excluding hydrogens is 296 g/mol. The molecule has 2 fully saturated rings.